The van der Waals surface area contributed by atoms with E-state index in [-0.39, 0.29) is 0 Å². The van der Waals surface area contributed by atoms with Crippen molar-refractivity contribution in [3.8, 4) is 34.3 Å². The van der Waals surface area contributed by atoms with Crippen LogP contribution in [0, 0.1) is 0 Å². The van der Waals surface area contributed by atoms with Gasteiger partial charge in [0.1, 0.15) is 0 Å². The standard InChI is InChI=1S/C26H28N6O3/c1-31-12-9-22(30-31)19-6-5-7-20(18-19)24-28-25(32-13-16-34-17-14-32)23(33-2)26(29-24)35-15-10-21-8-3-4-11-27-21/h3-9,11-12,18H,10,13-17H2,1-2H3. The van der Waals surface area contributed by atoms with Crippen molar-refractivity contribution in [2.45, 2.75) is 6.42 Å². The van der Waals surface area contributed by atoms with E-state index >= 15 is 0 Å². The van der Waals surface area contributed by atoms with Gasteiger partial charge in [-0.25, -0.2) is 4.98 Å². The number of benzene rings is 1. The lowest BCUT2D eigenvalue weighted by Crippen LogP contribution is -2.37. The smallest absolute Gasteiger partial charge is 0.263 e. The van der Waals surface area contributed by atoms with Gasteiger partial charge < -0.3 is 19.1 Å². The van der Waals surface area contributed by atoms with Gasteiger partial charge in [-0.1, -0.05) is 24.3 Å². The zero-order chi connectivity index (χ0) is 24.0. The van der Waals surface area contributed by atoms with Crippen molar-refractivity contribution in [3.63, 3.8) is 0 Å². The van der Waals surface area contributed by atoms with Crippen molar-refractivity contribution in [2.75, 3.05) is 44.9 Å². The van der Waals surface area contributed by atoms with E-state index in [1.54, 1.807) is 18.0 Å². The van der Waals surface area contributed by atoms with Crippen LogP contribution in [-0.2, 0) is 18.2 Å². The summed E-state index contributed by atoms with van der Waals surface area (Å²) in [5.41, 5.74) is 3.72. The molecule has 1 saturated heterocycles. The molecule has 9 heteroatoms. The second-order valence-electron chi connectivity index (χ2n) is 8.18. The minimum Gasteiger partial charge on any atom is -0.489 e. The number of aryl methyl sites for hydroxylation is 1. The molecule has 0 atom stereocenters. The summed E-state index contributed by atoms with van der Waals surface area (Å²) in [6.45, 7) is 3.11. The van der Waals surface area contributed by atoms with Crippen LogP contribution in [0.4, 0.5) is 5.82 Å². The molecule has 0 aliphatic carbocycles. The van der Waals surface area contributed by atoms with Gasteiger partial charge in [-0.15, -0.1) is 0 Å². The van der Waals surface area contributed by atoms with Gasteiger partial charge in [0, 0.05) is 55.8 Å². The molecule has 9 nitrogen and oxygen atoms in total. The van der Waals surface area contributed by atoms with Crippen LogP contribution in [0.5, 0.6) is 11.6 Å². The van der Waals surface area contributed by atoms with E-state index in [2.05, 4.69) is 15.0 Å². The number of aromatic nitrogens is 5. The van der Waals surface area contributed by atoms with Crippen molar-refractivity contribution in [2.24, 2.45) is 7.05 Å². The molecule has 1 fully saturated rings. The van der Waals surface area contributed by atoms with Crippen LogP contribution in [0.1, 0.15) is 5.69 Å². The van der Waals surface area contributed by atoms with E-state index in [0.717, 1.165) is 22.5 Å². The monoisotopic (exact) mass is 472 g/mol. The summed E-state index contributed by atoms with van der Waals surface area (Å²) in [6.07, 6.45) is 4.37. The minimum absolute atomic E-state index is 0.415. The van der Waals surface area contributed by atoms with Crippen LogP contribution >= 0.6 is 0 Å². The lowest BCUT2D eigenvalue weighted by molar-refractivity contribution is 0.122. The number of hydrogen-bond donors (Lipinski definition) is 0. The van der Waals surface area contributed by atoms with Crippen molar-refractivity contribution < 1.29 is 14.2 Å². The van der Waals surface area contributed by atoms with Gasteiger partial charge in [-0.05, 0) is 24.3 Å². The van der Waals surface area contributed by atoms with E-state index in [4.69, 9.17) is 24.2 Å². The molecule has 3 aromatic heterocycles. The first kappa shape index (κ1) is 22.8. The zero-order valence-corrected chi connectivity index (χ0v) is 19.9. The Balaban J connectivity index is 1.51. The average molecular weight is 473 g/mol. The Bertz CT molecular complexity index is 1270. The number of rotatable bonds is 8. The molecular formula is C26H28N6O3. The van der Waals surface area contributed by atoms with E-state index in [0.29, 0.717) is 62.6 Å². The molecule has 0 unspecified atom stereocenters. The Morgan fingerprint density at radius 1 is 1.00 bits per heavy atom. The quantitative estimate of drug-likeness (QED) is 0.386. The van der Waals surface area contributed by atoms with Gasteiger partial charge in [0.2, 0.25) is 5.75 Å². The van der Waals surface area contributed by atoms with Gasteiger partial charge in [-0.3, -0.25) is 9.67 Å². The fraction of sp³-hybridized carbons (Fsp3) is 0.308. The summed E-state index contributed by atoms with van der Waals surface area (Å²) >= 11 is 0. The largest absolute Gasteiger partial charge is 0.489 e. The number of ether oxygens (including phenoxy) is 3. The first-order chi connectivity index (χ1) is 17.2. The summed E-state index contributed by atoms with van der Waals surface area (Å²) in [7, 11) is 3.53. The number of hydrogen-bond acceptors (Lipinski definition) is 8. The van der Waals surface area contributed by atoms with Gasteiger partial charge in [0.15, 0.2) is 11.6 Å². The third kappa shape index (κ3) is 5.25. The number of nitrogens with zero attached hydrogens (tertiary/aromatic N) is 6. The van der Waals surface area contributed by atoms with Gasteiger partial charge >= 0.3 is 0 Å². The number of pyridine rings is 1. The molecule has 1 aliphatic rings. The Morgan fingerprint density at radius 2 is 1.86 bits per heavy atom. The zero-order valence-electron chi connectivity index (χ0n) is 19.9. The molecule has 4 heterocycles. The average Bonchev–Trinajstić information content (AvgIpc) is 3.36. The molecule has 1 aromatic carbocycles. The Kier molecular flexibility index (Phi) is 6.85. The summed E-state index contributed by atoms with van der Waals surface area (Å²) in [5, 5.41) is 4.52. The predicted octanol–water partition coefficient (Wildman–Crippen LogP) is 3.41. The van der Waals surface area contributed by atoms with Crippen molar-refractivity contribution in [3.05, 3.63) is 66.6 Å². The molecule has 0 amide bonds. The molecular weight excluding hydrogens is 444 g/mol. The van der Waals surface area contributed by atoms with Gasteiger partial charge in [-0.2, -0.15) is 10.1 Å². The fourth-order valence-electron chi connectivity index (χ4n) is 4.00. The number of methoxy groups -OCH3 is 1. The van der Waals surface area contributed by atoms with Crippen LogP contribution in [0.3, 0.4) is 0 Å². The van der Waals surface area contributed by atoms with Gasteiger partial charge in [0.25, 0.3) is 5.88 Å². The highest BCUT2D eigenvalue weighted by Crippen LogP contribution is 2.37. The minimum atomic E-state index is 0.415. The molecule has 5 rings (SSSR count). The van der Waals surface area contributed by atoms with Crippen LogP contribution in [-0.4, -0.2) is 64.8 Å². The molecule has 4 aromatic rings. The Morgan fingerprint density at radius 3 is 2.60 bits per heavy atom. The third-order valence-corrected chi connectivity index (χ3v) is 5.78. The molecule has 0 bridgehead atoms. The highest BCUT2D eigenvalue weighted by molar-refractivity contribution is 5.70. The highest BCUT2D eigenvalue weighted by Gasteiger charge is 2.24. The lowest BCUT2D eigenvalue weighted by Gasteiger charge is -2.29. The molecule has 1 aliphatic heterocycles. The van der Waals surface area contributed by atoms with Crippen LogP contribution in [0.2, 0.25) is 0 Å². The fourth-order valence-corrected chi connectivity index (χ4v) is 4.00. The molecule has 0 radical (unpaired) electrons. The van der Waals surface area contributed by atoms with E-state index in [1.807, 2.05) is 61.8 Å². The topological polar surface area (TPSA) is 87.4 Å². The molecule has 0 spiro atoms. The summed E-state index contributed by atoms with van der Waals surface area (Å²) in [4.78, 5) is 16.2. The van der Waals surface area contributed by atoms with Crippen LogP contribution in [0.25, 0.3) is 22.6 Å². The molecule has 0 N–H and O–H groups in total. The van der Waals surface area contributed by atoms with E-state index < -0.39 is 0 Å². The summed E-state index contributed by atoms with van der Waals surface area (Å²) < 4.78 is 19.2. The summed E-state index contributed by atoms with van der Waals surface area (Å²) in [5.74, 6) is 2.21. The first-order valence-electron chi connectivity index (χ1n) is 11.6. The number of morpholine rings is 1. The highest BCUT2D eigenvalue weighted by atomic mass is 16.5. The van der Waals surface area contributed by atoms with E-state index in [1.165, 1.54) is 0 Å². The maximum atomic E-state index is 6.15. The molecule has 0 saturated carbocycles. The van der Waals surface area contributed by atoms with Crippen molar-refractivity contribution in [1.29, 1.82) is 0 Å². The van der Waals surface area contributed by atoms with Crippen LogP contribution in [0.15, 0.2) is 60.9 Å². The van der Waals surface area contributed by atoms with E-state index in [9.17, 15) is 0 Å². The predicted molar refractivity (Wildman–Crippen MR) is 133 cm³/mol. The Labute approximate surface area is 204 Å². The van der Waals surface area contributed by atoms with Crippen molar-refractivity contribution in [1.82, 2.24) is 24.7 Å². The normalized spacial score (nSPS) is 13.6. The summed E-state index contributed by atoms with van der Waals surface area (Å²) in [6, 6.07) is 15.9. The maximum absolute atomic E-state index is 6.15. The number of anilines is 1. The lowest BCUT2D eigenvalue weighted by atomic mass is 10.1. The molecule has 35 heavy (non-hydrogen) atoms. The van der Waals surface area contributed by atoms with Crippen LogP contribution < -0.4 is 14.4 Å². The first-order valence-corrected chi connectivity index (χ1v) is 11.6. The van der Waals surface area contributed by atoms with Crippen molar-refractivity contribution >= 4 is 5.82 Å². The second kappa shape index (κ2) is 10.5. The second-order valence-corrected chi connectivity index (χ2v) is 8.18. The molecule has 180 valence electrons. The SMILES string of the molecule is COc1c(OCCc2ccccn2)nc(-c2cccc(-c3ccn(C)n3)c2)nc1N1CCOCC1. The Hall–Kier alpha value is -3.98. The third-order valence-electron chi connectivity index (χ3n) is 5.78. The maximum Gasteiger partial charge on any atom is 0.263 e. The van der Waals surface area contributed by atoms with Gasteiger partial charge in [0.05, 0.1) is 32.6 Å².